The van der Waals surface area contributed by atoms with Crippen molar-refractivity contribution in [2.45, 2.75) is 45.1 Å². The molecule has 1 saturated carbocycles. The van der Waals surface area contributed by atoms with E-state index in [1.165, 1.54) is 45.2 Å². The molecule has 0 amide bonds. The molecule has 0 radical (unpaired) electrons. The van der Waals surface area contributed by atoms with E-state index in [1.54, 1.807) is 0 Å². The molecule has 0 aromatic heterocycles. The predicted octanol–water partition coefficient (Wildman–Crippen LogP) is 2.27. The van der Waals surface area contributed by atoms with Crippen molar-refractivity contribution in [2.75, 3.05) is 13.1 Å². The lowest BCUT2D eigenvalue weighted by atomic mass is 10.1. The molecular weight excluding hydrogens is 134 g/mol. The third kappa shape index (κ3) is 1.96. The predicted molar refractivity (Wildman–Crippen MR) is 47.6 cm³/mol. The van der Waals surface area contributed by atoms with Crippen molar-refractivity contribution in [3.63, 3.8) is 0 Å². The van der Waals surface area contributed by atoms with Gasteiger partial charge in [0, 0.05) is 6.04 Å². The van der Waals surface area contributed by atoms with Gasteiger partial charge in [-0.25, -0.2) is 0 Å². The Morgan fingerprint density at radius 1 is 1.27 bits per heavy atom. The maximum atomic E-state index is 2.66. The highest BCUT2D eigenvalue weighted by Gasteiger charge is 2.27. The van der Waals surface area contributed by atoms with Crippen molar-refractivity contribution in [1.29, 1.82) is 0 Å². The average molecular weight is 153 g/mol. The van der Waals surface area contributed by atoms with Gasteiger partial charge in [0.05, 0.1) is 0 Å². The highest BCUT2D eigenvalue weighted by atomic mass is 15.2. The third-order valence-electron chi connectivity index (χ3n) is 3.14. The lowest BCUT2D eigenvalue weighted by Gasteiger charge is -2.23. The summed E-state index contributed by atoms with van der Waals surface area (Å²) in [6.45, 7) is 5.14. The van der Waals surface area contributed by atoms with Crippen molar-refractivity contribution in [1.82, 2.24) is 4.90 Å². The molecule has 1 atom stereocenters. The fourth-order valence-corrected chi connectivity index (χ4v) is 2.17. The van der Waals surface area contributed by atoms with Crippen LogP contribution in [0.5, 0.6) is 0 Å². The maximum Gasteiger partial charge on any atom is 0.00695 e. The molecule has 1 heterocycles. The molecule has 11 heavy (non-hydrogen) atoms. The zero-order valence-corrected chi connectivity index (χ0v) is 7.55. The molecule has 1 aliphatic heterocycles. The van der Waals surface area contributed by atoms with Crippen LogP contribution in [0.3, 0.4) is 0 Å². The highest BCUT2D eigenvalue weighted by Crippen LogP contribution is 2.35. The first-order valence-electron chi connectivity index (χ1n) is 5.10. The molecule has 1 nitrogen and oxygen atoms in total. The van der Waals surface area contributed by atoms with Gasteiger partial charge < -0.3 is 4.90 Å². The lowest BCUT2D eigenvalue weighted by molar-refractivity contribution is 0.239. The second-order valence-electron chi connectivity index (χ2n) is 4.27. The summed E-state index contributed by atoms with van der Waals surface area (Å²) in [5.41, 5.74) is 0. The second kappa shape index (κ2) is 3.14. The SMILES string of the molecule is CC(CC1CC1)N1CCCC1. The van der Waals surface area contributed by atoms with Crippen LogP contribution in [0.15, 0.2) is 0 Å². The Kier molecular flexibility index (Phi) is 2.17. The molecule has 0 bridgehead atoms. The van der Waals surface area contributed by atoms with E-state index in [9.17, 15) is 0 Å². The van der Waals surface area contributed by atoms with Gasteiger partial charge in [-0.05, 0) is 45.2 Å². The number of hydrogen-bond donors (Lipinski definition) is 0. The third-order valence-corrected chi connectivity index (χ3v) is 3.14. The van der Waals surface area contributed by atoms with Gasteiger partial charge in [-0.1, -0.05) is 12.8 Å². The smallest absolute Gasteiger partial charge is 0.00695 e. The normalized spacial score (nSPS) is 29.2. The quantitative estimate of drug-likeness (QED) is 0.601. The van der Waals surface area contributed by atoms with Gasteiger partial charge in [0.1, 0.15) is 0 Å². The Balaban J connectivity index is 1.73. The average Bonchev–Trinajstić information content (AvgIpc) is 2.67. The topological polar surface area (TPSA) is 3.24 Å². The first-order chi connectivity index (χ1) is 5.36. The van der Waals surface area contributed by atoms with Crippen LogP contribution in [-0.2, 0) is 0 Å². The van der Waals surface area contributed by atoms with Crippen LogP contribution in [0, 0.1) is 5.92 Å². The molecule has 2 rings (SSSR count). The molecule has 1 unspecified atom stereocenters. The minimum absolute atomic E-state index is 0.880. The van der Waals surface area contributed by atoms with Crippen LogP contribution >= 0.6 is 0 Å². The monoisotopic (exact) mass is 153 g/mol. The van der Waals surface area contributed by atoms with Gasteiger partial charge in [0.15, 0.2) is 0 Å². The van der Waals surface area contributed by atoms with Gasteiger partial charge in [-0.3, -0.25) is 0 Å². The Morgan fingerprint density at radius 2 is 1.91 bits per heavy atom. The van der Waals surface area contributed by atoms with Crippen molar-refractivity contribution in [3.8, 4) is 0 Å². The highest BCUT2D eigenvalue weighted by molar-refractivity contribution is 4.81. The summed E-state index contributed by atoms with van der Waals surface area (Å²) >= 11 is 0. The minimum Gasteiger partial charge on any atom is -0.301 e. The number of rotatable bonds is 3. The molecule has 1 heteroatoms. The van der Waals surface area contributed by atoms with Crippen molar-refractivity contribution in [3.05, 3.63) is 0 Å². The van der Waals surface area contributed by atoms with E-state index in [0.29, 0.717) is 0 Å². The molecule has 64 valence electrons. The Morgan fingerprint density at radius 3 is 2.45 bits per heavy atom. The van der Waals surface area contributed by atoms with Crippen LogP contribution in [0.25, 0.3) is 0 Å². The van der Waals surface area contributed by atoms with Crippen molar-refractivity contribution in [2.24, 2.45) is 5.92 Å². The fourth-order valence-electron chi connectivity index (χ4n) is 2.17. The molecule has 0 spiro atoms. The lowest BCUT2D eigenvalue weighted by Crippen LogP contribution is -2.30. The van der Waals surface area contributed by atoms with Crippen LogP contribution in [0.1, 0.15) is 39.0 Å². The molecule has 2 aliphatic rings. The standard InChI is InChI=1S/C10H19N/c1-9(8-10-4-5-10)11-6-2-3-7-11/h9-10H,2-8H2,1H3. The maximum absolute atomic E-state index is 2.66. The van der Waals surface area contributed by atoms with Crippen LogP contribution < -0.4 is 0 Å². The van der Waals surface area contributed by atoms with Crippen LogP contribution in [-0.4, -0.2) is 24.0 Å². The Bertz CT molecular complexity index is 123. The summed E-state index contributed by atoms with van der Waals surface area (Å²) in [4.78, 5) is 2.66. The molecule has 2 fully saturated rings. The zero-order valence-electron chi connectivity index (χ0n) is 7.55. The molecule has 0 aromatic rings. The van der Waals surface area contributed by atoms with Crippen LogP contribution in [0.4, 0.5) is 0 Å². The summed E-state index contributed by atoms with van der Waals surface area (Å²) in [6.07, 6.45) is 7.38. The molecule has 0 aromatic carbocycles. The van der Waals surface area contributed by atoms with Gasteiger partial charge in [-0.15, -0.1) is 0 Å². The molecular formula is C10H19N. The Labute approximate surface area is 69.8 Å². The van der Waals surface area contributed by atoms with E-state index in [0.717, 1.165) is 12.0 Å². The summed E-state index contributed by atoms with van der Waals surface area (Å²) in [5.74, 6) is 1.10. The Hall–Kier alpha value is -0.0400. The zero-order chi connectivity index (χ0) is 7.68. The summed E-state index contributed by atoms with van der Waals surface area (Å²) in [7, 11) is 0. The fraction of sp³-hybridized carbons (Fsp3) is 1.00. The van der Waals surface area contributed by atoms with E-state index in [4.69, 9.17) is 0 Å². The first-order valence-corrected chi connectivity index (χ1v) is 5.10. The largest absolute Gasteiger partial charge is 0.301 e. The van der Waals surface area contributed by atoms with Crippen LogP contribution in [0.2, 0.25) is 0 Å². The number of nitrogens with zero attached hydrogens (tertiary/aromatic N) is 1. The second-order valence-corrected chi connectivity index (χ2v) is 4.27. The molecule has 1 aliphatic carbocycles. The van der Waals surface area contributed by atoms with E-state index in [2.05, 4.69) is 11.8 Å². The van der Waals surface area contributed by atoms with Gasteiger partial charge >= 0.3 is 0 Å². The van der Waals surface area contributed by atoms with Gasteiger partial charge in [0.2, 0.25) is 0 Å². The van der Waals surface area contributed by atoms with Crippen molar-refractivity contribution < 1.29 is 0 Å². The number of hydrogen-bond acceptors (Lipinski definition) is 1. The molecule has 1 saturated heterocycles. The van der Waals surface area contributed by atoms with E-state index in [-0.39, 0.29) is 0 Å². The summed E-state index contributed by atoms with van der Waals surface area (Å²) in [6, 6.07) is 0.880. The summed E-state index contributed by atoms with van der Waals surface area (Å²) in [5, 5.41) is 0. The minimum atomic E-state index is 0.880. The van der Waals surface area contributed by atoms with E-state index >= 15 is 0 Å². The van der Waals surface area contributed by atoms with E-state index < -0.39 is 0 Å². The van der Waals surface area contributed by atoms with Gasteiger partial charge in [0.25, 0.3) is 0 Å². The van der Waals surface area contributed by atoms with Crippen molar-refractivity contribution >= 4 is 0 Å². The van der Waals surface area contributed by atoms with Gasteiger partial charge in [-0.2, -0.15) is 0 Å². The van der Waals surface area contributed by atoms with E-state index in [1.807, 2.05) is 0 Å². The first kappa shape index (κ1) is 7.60. The number of likely N-dealkylation sites (tertiary alicyclic amines) is 1. The molecule has 0 N–H and O–H groups in total. The summed E-state index contributed by atoms with van der Waals surface area (Å²) < 4.78 is 0.